The number of carbonyl (C=O) groups is 1. The number of carbonyl (C=O) groups excluding carboxylic acids is 1. The van der Waals surface area contributed by atoms with Crippen molar-refractivity contribution in [2.45, 2.75) is 25.1 Å². The first-order valence-electron chi connectivity index (χ1n) is 7.95. The van der Waals surface area contributed by atoms with Gasteiger partial charge in [0.15, 0.2) is 0 Å². The van der Waals surface area contributed by atoms with E-state index < -0.39 is 6.10 Å². The molecule has 0 saturated carbocycles. The van der Waals surface area contributed by atoms with Crippen LogP contribution in [0.1, 0.15) is 12.0 Å². The average molecular weight is 310 g/mol. The van der Waals surface area contributed by atoms with E-state index in [1.807, 2.05) is 37.4 Å². The van der Waals surface area contributed by atoms with Gasteiger partial charge in [0, 0.05) is 20.1 Å². The number of β-amino-alcohol motifs (C(OH)–C–C–N with tert-alkyl or cyclic N) is 1. The molecule has 1 fully saturated rings. The lowest BCUT2D eigenvalue weighted by molar-refractivity contribution is -0.132. The third kappa shape index (κ3) is 3.60. The molecule has 0 unspecified atom stereocenters. The number of nitrogens with zero attached hydrogens (tertiary/aromatic N) is 1. The summed E-state index contributed by atoms with van der Waals surface area (Å²) in [6.07, 6.45) is 0.0673. The highest BCUT2D eigenvalue weighted by Crippen LogP contribution is 2.24. The van der Waals surface area contributed by atoms with Crippen LogP contribution in [-0.2, 0) is 11.3 Å². The maximum Gasteiger partial charge on any atom is 0.239 e. The molecular formula is C19H22N2O2. The van der Waals surface area contributed by atoms with Gasteiger partial charge in [-0.25, -0.2) is 0 Å². The van der Waals surface area contributed by atoms with Crippen LogP contribution in [0.15, 0.2) is 54.6 Å². The van der Waals surface area contributed by atoms with Gasteiger partial charge in [-0.1, -0.05) is 54.6 Å². The molecule has 0 spiro atoms. The van der Waals surface area contributed by atoms with Crippen molar-refractivity contribution in [2.24, 2.45) is 0 Å². The number of rotatable bonds is 4. The molecule has 1 amide bonds. The lowest BCUT2D eigenvalue weighted by Crippen LogP contribution is -2.41. The highest BCUT2D eigenvalue weighted by molar-refractivity contribution is 5.82. The Morgan fingerprint density at radius 3 is 2.57 bits per heavy atom. The summed E-state index contributed by atoms with van der Waals surface area (Å²) in [6, 6.07) is 18.1. The maximum atomic E-state index is 12.5. The smallest absolute Gasteiger partial charge is 0.239 e. The molecular weight excluding hydrogens is 288 g/mol. The van der Waals surface area contributed by atoms with E-state index >= 15 is 0 Å². The van der Waals surface area contributed by atoms with E-state index in [1.54, 1.807) is 4.90 Å². The molecule has 0 radical (unpaired) electrons. The molecule has 23 heavy (non-hydrogen) atoms. The number of likely N-dealkylation sites (N-methyl/N-ethyl adjacent to an activating group) is 1. The van der Waals surface area contributed by atoms with Crippen LogP contribution < -0.4 is 5.32 Å². The van der Waals surface area contributed by atoms with Crippen LogP contribution in [0.4, 0.5) is 0 Å². The molecule has 120 valence electrons. The number of aliphatic hydroxyl groups is 1. The normalized spacial score (nSPS) is 20.4. The van der Waals surface area contributed by atoms with Crippen LogP contribution in [-0.4, -0.2) is 41.7 Å². The molecule has 1 aliphatic heterocycles. The van der Waals surface area contributed by atoms with Gasteiger partial charge in [-0.15, -0.1) is 0 Å². The van der Waals surface area contributed by atoms with Crippen LogP contribution in [0.2, 0.25) is 0 Å². The fourth-order valence-corrected chi connectivity index (χ4v) is 3.06. The third-order valence-corrected chi connectivity index (χ3v) is 4.29. The van der Waals surface area contributed by atoms with E-state index in [4.69, 9.17) is 0 Å². The zero-order chi connectivity index (χ0) is 16.2. The van der Waals surface area contributed by atoms with Gasteiger partial charge in [0.05, 0.1) is 12.1 Å². The minimum atomic E-state index is -0.422. The zero-order valence-corrected chi connectivity index (χ0v) is 13.3. The van der Waals surface area contributed by atoms with Crippen molar-refractivity contribution in [1.29, 1.82) is 0 Å². The molecule has 2 aromatic carbocycles. The molecule has 0 aromatic heterocycles. The zero-order valence-electron chi connectivity index (χ0n) is 13.3. The average Bonchev–Trinajstić information content (AvgIpc) is 3.02. The SMILES string of the molecule is CN(Cc1ccccc1-c1ccccc1)C(=O)[C@@H]1C[C@@H](O)CN1. The fourth-order valence-electron chi connectivity index (χ4n) is 3.06. The minimum Gasteiger partial charge on any atom is -0.392 e. The van der Waals surface area contributed by atoms with E-state index in [-0.39, 0.29) is 11.9 Å². The number of hydrogen-bond donors (Lipinski definition) is 2. The van der Waals surface area contributed by atoms with Crippen LogP contribution in [0, 0.1) is 0 Å². The van der Waals surface area contributed by atoms with E-state index in [0.29, 0.717) is 19.5 Å². The molecule has 1 saturated heterocycles. The van der Waals surface area contributed by atoms with Crippen LogP contribution in [0.3, 0.4) is 0 Å². The number of nitrogens with one attached hydrogen (secondary N) is 1. The van der Waals surface area contributed by atoms with Gasteiger partial charge in [-0.2, -0.15) is 0 Å². The standard InChI is InChI=1S/C19H22N2O2/c1-21(19(23)18-11-16(22)12-20-18)13-15-9-5-6-10-17(15)14-7-3-2-4-8-14/h2-10,16,18,20,22H,11-13H2,1H3/t16-,18+/m1/s1. The second kappa shape index (κ2) is 6.94. The first-order valence-corrected chi connectivity index (χ1v) is 7.95. The predicted molar refractivity (Wildman–Crippen MR) is 90.8 cm³/mol. The number of hydrogen-bond acceptors (Lipinski definition) is 3. The van der Waals surface area contributed by atoms with Crippen molar-refractivity contribution in [3.63, 3.8) is 0 Å². The lowest BCUT2D eigenvalue weighted by atomic mass is 9.99. The molecule has 4 heteroatoms. The number of amides is 1. The first-order chi connectivity index (χ1) is 11.1. The van der Waals surface area contributed by atoms with Crippen LogP contribution >= 0.6 is 0 Å². The molecule has 1 aliphatic rings. The van der Waals surface area contributed by atoms with Crippen molar-refractivity contribution < 1.29 is 9.90 Å². The molecule has 1 heterocycles. The second-order valence-corrected chi connectivity index (χ2v) is 6.07. The van der Waals surface area contributed by atoms with E-state index in [1.165, 1.54) is 0 Å². The topological polar surface area (TPSA) is 52.6 Å². The quantitative estimate of drug-likeness (QED) is 0.908. The molecule has 3 rings (SSSR count). The summed E-state index contributed by atoms with van der Waals surface area (Å²) in [6.45, 7) is 1.04. The third-order valence-electron chi connectivity index (χ3n) is 4.29. The van der Waals surface area contributed by atoms with E-state index in [9.17, 15) is 9.90 Å². The van der Waals surface area contributed by atoms with Crippen molar-refractivity contribution in [2.75, 3.05) is 13.6 Å². The highest BCUT2D eigenvalue weighted by atomic mass is 16.3. The second-order valence-electron chi connectivity index (χ2n) is 6.07. The van der Waals surface area contributed by atoms with Crippen molar-refractivity contribution in [3.05, 3.63) is 60.2 Å². The first kappa shape index (κ1) is 15.7. The van der Waals surface area contributed by atoms with Crippen molar-refractivity contribution >= 4 is 5.91 Å². The summed E-state index contributed by atoms with van der Waals surface area (Å²) >= 11 is 0. The summed E-state index contributed by atoms with van der Waals surface area (Å²) in [4.78, 5) is 14.2. The van der Waals surface area contributed by atoms with Gasteiger partial charge in [-0.3, -0.25) is 4.79 Å². The van der Waals surface area contributed by atoms with Gasteiger partial charge >= 0.3 is 0 Å². The Labute approximate surface area is 136 Å². The van der Waals surface area contributed by atoms with Gasteiger partial charge < -0.3 is 15.3 Å². The summed E-state index contributed by atoms with van der Waals surface area (Å²) < 4.78 is 0. The largest absolute Gasteiger partial charge is 0.392 e. The predicted octanol–water partition coefficient (Wildman–Crippen LogP) is 2.03. The monoisotopic (exact) mass is 310 g/mol. The Bertz CT molecular complexity index is 672. The summed E-state index contributed by atoms with van der Waals surface area (Å²) in [5.41, 5.74) is 3.42. The fraction of sp³-hybridized carbons (Fsp3) is 0.316. The molecule has 0 aliphatic carbocycles. The summed E-state index contributed by atoms with van der Waals surface area (Å²) in [5, 5.41) is 12.7. The Morgan fingerprint density at radius 2 is 1.87 bits per heavy atom. The van der Waals surface area contributed by atoms with Crippen molar-refractivity contribution in [3.8, 4) is 11.1 Å². The lowest BCUT2D eigenvalue weighted by Gasteiger charge is -2.22. The summed E-state index contributed by atoms with van der Waals surface area (Å²) in [7, 11) is 1.82. The Morgan fingerprint density at radius 1 is 1.17 bits per heavy atom. The van der Waals surface area contributed by atoms with E-state index in [2.05, 4.69) is 29.6 Å². The van der Waals surface area contributed by atoms with Crippen LogP contribution in [0.5, 0.6) is 0 Å². The van der Waals surface area contributed by atoms with Gasteiger partial charge in [0.25, 0.3) is 0 Å². The van der Waals surface area contributed by atoms with Gasteiger partial charge in [0.2, 0.25) is 5.91 Å². The Balaban J connectivity index is 1.76. The maximum absolute atomic E-state index is 12.5. The van der Waals surface area contributed by atoms with E-state index in [0.717, 1.165) is 16.7 Å². The van der Waals surface area contributed by atoms with Gasteiger partial charge in [-0.05, 0) is 23.1 Å². The number of aliphatic hydroxyl groups excluding tert-OH is 1. The Kier molecular flexibility index (Phi) is 4.74. The minimum absolute atomic E-state index is 0.0319. The highest BCUT2D eigenvalue weighted by Gasteiger charge is 2.30. The van der Waals surface area contributed by atoms with Gasteiger partial charge in [0.1, 0.15) is 0 Å². The molecule has 4 nitrogen and oxygen atoms in total. The molecule has 2 aromatic rings. The van der Waals surface area contributed by atoms with Crippen molar-refractivity contribution in [1.82, 2.24) is 10.2 Å². The molecule has 0 bridgehead atoms. The Hall–Kier alpha value is -2.17. The molecule has 2 N–H and O–H groups in total. The number of benzene rings is 2. The summed E-state index contributed by atoms with van der Waals surface area (Å²) in [5.74, 6) is 0.0319. The molecule has 2 atom stereocenters. The van der Waals surface area contributed by atoms with Crippen LogP contribution in [0.25, 0.3) is 11.1 Å².